The molecule has 3 rings (SSSR count). The third-order valence-electron chi connectivity index (χ3n) is 5.65. The maximum atomic E-state index is 13.0. The first-order valence-electron chi connectivity index (χ1n) is 11.5. The minimum atomic E-state index is -0.0755. The third-order valence-corrected chi connectivity index (χ3v) is 5.65. The molecule has 0 bridgehead atoms. The highest BCUT2D eigenvalue weighted by Gasteiger charge is 2.26. The molecule has 1 heterocycles. The summed E-state index contributed by atoms with van der Waals surface area (Å²) in [6, 6.07) is 17.3. The Balaban J connectivity index is 2.03. The van der Waals surface area contributed by atoms with Crippen molar-refractivity contribution in [2.24, 2.45) is 0 Å². The van der Waals surface area contributed by atoms with Crippen LogP contribution >= 0.6 is 0 Å². The maximum absolute atomic E-state index is 13.0. The van der Waals surface area contributed by atoms with E-state index in [9.17, 15) is 4.79 Å². The van der Waals surface area contributed by atoms with Crippen LogP contribution in [-0.4, -0.2) is 40.4 Å². The van der Waals surface area contributed by atoms with Crippen molar-refractivity contribution in [1.82, 2.24) is 20.0 Å². The number of ether oxygens (including phenoxy) is 2. The molecule has 0 unspecified atom stereocenters. The lowest BCUT2D eigenvalue weighted by molar-refractivity contribution is 0.172. The number of urea groups is 1. The number of para-hydroxylation sites is 1. The standard InChI is InChI=1S/C26H34N4O3/c1-6-17-27-26(31)29(19(3)7-2)18-24-20(4)28-30(21-11-9-8-10-12-21)25(24)33-23-15-13-22(32-5)14-16-23/h8-16,19H,6-7,17-18H2,1-5H3,(H,27,31)/t19-/m1/s1. The molecule has 0 radical (unpaired) electrons. The van der Waals surface area contributed by atoms with Crippen LogP contribution in [0.2, 0.25) is 0 Å². The predicted molar refractivity (Wildman–Crippen MR) is 130 cm³/mol. The highest BCUT2D eigenvalue weighted by molar-refractivity contribution is 5.74. The molecule has 2 amide bonds. The third kappa shape index (κ3) is 5.86. The average molecular weight is 451 g/mol. The van der Waals surface area contributed by atoms with Crippen LogP contribution in [0.5, 0.6) is 17.4 Å². The van der Waals surface area contributed by atoms with Crippen molar-refractivity contribution in [2.45, 2.75) is 53.1 Å². The van der Waals surface area contributed by atoms with Gasteiger partial charge in [-0.1, -0.05) is 32.0 Å². The van der Waals surface area contributed by atoms with Crippen molar-refractivity contribution in [3.05, 3.63) is 65.9 Å². The summed E-state index contributed by atoms with van der Waals surface area (Å²) in [5.41, 5.74) is 2.58. The lowest BCUT2D eigenvalue weighted by Gasteiger charge is -2.29. The number of amides is 2. The number of hydrogen-bond acceptors (Lipinski definition) is 4. The Labute approximate surface area is 196 Å². The Hall–Kier alpha value is -3.48. The smallest absolute Gasteiger partial charge is 0.317 e. The molecule has 1 atom stereocenters. The number of rotatable bonds is 10. The van der Waals surface area contributed by atoms with E-state index in [1.165, 1.54) is 0 Å². The van der Waals surface area contributed by atoms with Crippen molar-refractivity contribution in [2.75, 3.05) is 13.7 Å². The fourth-order valence-electron chi connectivity index (χ4n) is 3.48. The molecular weight excluding hydrogens is 416 g/mol. The Bertz CT molecular complexity index is 1030. The molecule has 0 aliphatic heterocycles. The van der Waals surface area contributed by atoms with Crippen LogP contribution in [0, 0.1) is 6.92 Å². The van der Waals surface area contributed by atoms with E-state index in [1.54, 1.807) is 11.8 Å². The van der Waals surface area contributed by atoms with Crippen LogP contribution < -0.4 is 14.8 Å². The molecule has 176 valence electrons. The van der Waals surface area contributed by atoms with Crippen LogP contribution in [0.4, 0.5) is 4.79 Å². The highest BCUT2D eigenvalue weighted by atomic mass is 16.5. The summed E-state index contributed by atoms with van der Waals surface area (Å²) in [7, 11) is 1.63. The van der Waals surface area contributed by atoms with Gasteiger partial charge in [0.1, 0.15) is 11.5 Å². The summed E-state index contributed by atoms with van der Waals surface area (Å²) in [4.78, 5) is 14.8. The number of benzene rings is 2. The second kappa shape index (κ2) is 11.4. The molecule has 33 heavy (non-hydrogen) atoms. The minimum absolute atomic E-state index is 0.0650. The van der Waals surface area contributed by atoms with E-state index in [-0.39, 0.29) is 12.1 Å². The Morgan fingerprint density at radius 1 is 1.09 bits per heavy atom. The van der Waals surface area contributed by atoms with Crippen molar-refractivity contribution in [3.63, 3.8) is 0 Å². The molecule has 3 aromatic rings. The molecule has 7 heteroatoms. The summed E-state index contributed by atoms with van der Waals surface area (Å²) in [5, 5.41) is 7.79. The largest absolute Gasteiger partial charge is 0.497 e. The van der Waals surface area contributed by atoms with Gasteiger partial charge in [-0.15, -0.1) is 0 Å². The van der Waals surface area contributed by atoms with Crippen LogP contribution in [0.15, 0.2) is 54.6 Å². The summed E-state index contributed by atoms with van der Waals surface area (Å²) in [6.45, 7) is 9.18. The molecule has 7 nitrogen and oxygen atoms in total. The van der Waals surface area contributed by atoms with E-state index < -0.39 is 0 Å². The summed E-state index contributed by atoms with van der Waals surface area (Å²) >= 11 is 0. The molecule has 1 aromatic heterocycles. The highest BCUT2D eigenvalue weighted by Crippen LogP contribution is 2.32. The fourth-order valence-corrected chi connectivity index (χ4v) is 3.48. The molecule has 0 saturated heterocycles. The molecule has 0 aliphatic rings. The Morgan fingerprint density at radius 3 is 2.36 bits per heavy atom. The number of aryl methyl sites for hydroxylation is 1. The van der Waals surface area contributed by atoms with E-state index in [0.717, 1.165) is 35.5 Å². The zero-order valence-corrected chi connectivity index (χ0v) is 20.2. The topological polar surface area (TPSA) is 68.6 Å². The fraction of sp³-hybridized carbons (Fsp3) is 0.385. The van der Waals surface area contributed by atoms with E-state index in [0.29, 0.717) is 24.7 Å². The van der Waals surface area contributed by atoms with Gasteiger partial charge < -0.3 is 19.7 Å². The molecular formula is C26H34N4O3. The van der Waals surface area contributed by atoms with Gasteiger partial charge in [0.05, 0.1) is 30.6 Å². The first-order chi connectivity index (χ1) is 16.0. The van der Waals surface area contributed by atoms with Crippen LogP contribution in [0.3, 0.4) is 0 Å². The van der Waals surface area contributed by atoms with Gasteiger partial charge in [-0.2, -0.15) is 5.10 Å². The zero-order valence-electron chi connectivity index (χ0n) is 20.2. The first-order valence-corrected chi connectivity index (χ1v) is 11.5. The SMILES string of the molecule is CCCNC(=O)N(Cc1c(C)nn(-c2ccccc2)c1Oc1ccc(OC)cc1)[C@H](C)CC. The van der Waals surface area contributed by atoms with Gasteiger partial charge in [-0.25, -0.2) is 9.48 Å². The quantitative estimate of drug-likeness (QED) is 0.430. The molecule has 0 fully saturated rings. The normalized spacial score (nSPS) is 11.7. The van der Waals surface area contributed by atoms with Gasteiger partial charge in [0, 0.05) is 12.6 Å². The van der Waals surface area contributed by atoms with Gasteiger partial charge in [-0.3, -0.25) is 0 Å². The number of aromatic nitrogens is 2. The van der Waals surface area contributed by atoms with Crippen molar-refractivity contribution in [1.29, 1.82) is 0 Å². The summed E-state index contributed by atoms with van der Waals surface area (Å²) < 4.78 is 13.4. The number of nitrogens with one attached hydrogen (secondary N) is 1. The average Bonchev–Trinajstić information content (AvgIpc) is 3.16. The minimum Gasteiger partial charge on any atom is -0.497 e. The Kier molecular flexibility index (Phi) is 8.35. The number of nitrogens with zero attached hydrogens (tertiary/aromatic N) is 3. The number of hydrogen-bond donors (Lipinski definition) is 1. The van der Waals surface area contributed by atoms with Gasteiger partial charge in [0.25, 0.3) is 0 Å². The summed E-state index contributed by atoms with van der Waals surface area (Å²) in [6.07, 6.45) is 1.73. The first kappa shape index (κ1) is 24.2. The summed E-state index contributed by atoms with van der Waals surface area (Å²) in [5.74, 6) is 2.02. The van der Waals surface area contributed by atoms with Gasteiger partial charge >= 0.3 is 6.03 Å². The van der Waals surface area contributed by atoms with E-state index >= 15 is 0 Å². The van der Waals surface area contributed by atoms with Crippen LogP contribution in [0.25, 0.3) is 5.69 Å². The molecule has 0 saturated carbocycles. The van der Waals surface area contributed by atoms with E-state index in [1.807, 2.05) is 73.3 Å². The van der Waals surface area contributed by atoms with Crippen molar-refractivity contribution in [3.8, 4) is 23.1 Å². The number of carbonyl (C=O) groups excluding carboxylic acids is 1. The predicted octanol–water partition coefficient (Wildman–Crippen LogP) is 5.70. The molecule has 0 aliphatic carbocycles. The van der Waals surface area contributed by atoms with Crippen LogP contribution in [0.1, 0.15) is 44.9 Å². The molecule has 0 spiro atoms. The van der Waals surface area contributed by atoms with Crippen molar-refractivity contribution < 1.29 is 14.3 Å². The number of carbonyl (C=O) groups is 1. The van der Waals surface area contributed by atoms with Gasteiger partial charge in [0.15, 0.2) is 0 Å². The zero-order chi connectivity index (χ0) is 23.8. The van der Waals surface area contributed by atoms with Gasteiger partial charge in [0.2, 0.25) is 5.88 Å². The van der Waals surface area contributed by atoms with Crippen LogP contribution in [-0.2, 0) is 6.54 Å². The van der Waals surface area contributed by atoms with Gasteiger partial charge in [-0.05, 0) is 63.1 Å². The monoisotopic (exact) mass is 450 g/mol. The van der Waals surface area contributed by atoms with Crippen molar-refractivity contribution >= 4 is 6.03 Å². The second-order valence-electron chi connectivity index (χ2n) is 8.01. The Morgan fingerprint density at radius 2 is 1.76 bits per heavy atom. The van der Waals surface area contributed by atoms with E-state index in [4.69, 9.17) is 14.6 Å². The molecule has 2 aromatic carbocycles. The number of methoxy groups -OCH3 is 1. The lowest BCUT2D eigenvalue weighted by atomic mass is 10.1. The maximum Gasteiger partial charge on any atom is 0.317 e. The second-order valence-corrected chi connectivity index (χ2v) is 8.01. The lowest BCUT2D eigenvalue weighted by Crippen LogP contribution is -2.44. The molecule has 1 N–H and O–H groups in total. The van der Waals surface area contributed by atoms with E-state index in [2.05, 4.69) is 19.2 Å².